The summed E-state index contributed by atoms with van der Waals surface area (Å²) in [5.41, 5.74) is 0.792. The second kappa shape index (κ2) is 6.31. The summed E-state index contributed by atoms with van der Waals surface area (Å²) in [6, 6.07) is 8.71. The lowest BCUT2D eigenvalue weighted by Crippen LogP contribution is -2.12. The molecule has 0 fully saturated rings. The number of nitrogens with one attached hydrogen (secondary N) is 1. The van der Waals surface area contributed by atoms with Crippen LogP contribution in [0.1, 0.15) is 5.56 Å². The van der Waals surface area contributed by atoms with Crippen molar-refractivity contribution in [2.75, 3.05) is 5.32 Å². The Morgan fingerprint density at radius 2 is 1.95 bits per heavy atom. The van der Waals surface area contributed by atoms with Crippen LogP contribution in [0.5, 0.6) is 0 Å². The van der Waals surface area contributed by atoms with Crippen molar-refractivity contribution >= 4 is 43.2 Å². The molecule has 3 N–H and O–H groups in total. The Hall–Kier alpha value is -1.15. The molecule has 0 saturated heterocycles. The highest BCUT2D eigenvalue weighted by Crippen LogP contribution is 2.26. The van der Waals surface area contributed by atoms with E-state index in [1.165, 1.54) is 24.3 Å². The van der Waals surface area contributed by atoms with Gasteiger partial charge in [0.1, 0.15) is 5.82 Å². The van der Waals surface area contributed by atoms with Gasteiger partial charge < -0.3 is 5.32 Å². The van der Waals surface area contributed by atoms with Crippen molar-refractivity contribution in [2.24, 2.45) is 5.14 Å². The molecule has 0 spiro atoms. The fourth-order valence-corrected chi connectivity index (χ4v) is 2.73. The number of hydrogen-bond donors (Lipinski definition) is 2. The molecule has 4 nitrogen and oxygen atoms in total. The van der Waals surface area contributed by atoms with Gasteiger partial charge in [-0.2, -0.15) is 0 Å². The molecule has 0 saturated carbocycles. The van der Waals surface area contributed by atoms with E-state index >= 15 is 0 Å². The van der Waals surface area contributed by atoms with Gasteiger partial charge in [-0.1, -0.05) is 33.6 Å². The Morgan fingerprint density at radius 1 is 1.24 bits per heavy atom. The summed E-state index contributed by atoms with van der Waals surface area (Å²) in [5, 5.41) is 8.27. The van der Waals surface area contributed by atoms with Gasteiger partial charge >= 0.3 is 0 Å². The fraction of sp³-hybridized carbons (Fsp3) is 0.0769. The van der Waals surface area contributed by atoms with E-state index in [0.717, 1.165) is 0 Å². The van der Waals surface area contributed by atoms with Gasteiger partial charge in [-0.15, -0.1) is 0 Å². The van der Waals surface area contributed by atoms with E-state index in [2.05, 4.69) is 21.2 Å². The van der Waals surface area contributed by atoms with Crippen molar-refractivity contribution < 1.29 is 12.8 Å². The molecule has 0 aromatic heterocycles. The molecule has 0 radical (unpaired) electrons. The number of primary sulfonamides is 1. The average molecular weight is 394 g/mol. The van der Waals surface area contributed by atoms with Gasteiger partial charge in [0.15, 0.2) is 0 Å². The lowest BCUT2D eigenvalue weighted by molar-refractivity contribution is 0.597. The number of halogens is 3. The van der Waals surface area contributed by atoms with Crippen LogP contribution in [0.2, 0.25) is 5.02 Å². The number of benzene rings is 2. The zero-order chi connectivity index (χ0) is 15.6. The van der Waals surface area contributed by atoms with Crippen molar-refractivity contribution in [1.29, 1.82) is 0 Å². The van der Waals surface area contributed by atoms with Crippen molar-refractivity contribution in [1.82, 2.24) is 0 Å². The number of hydrogen-bond acceptors (Lipinski definition) is 3. The van der Waals surface area contributed by atoms with Crippen molar-refractivity contribution in [3.8, 4) is 0 Å². The molecule has 0 heterocycles. The molecule has 0 atom stereocenters. The molecule has 2 aromatic carbocycles. The first-order valence-corrected chi connectivity index (χ1v) is 8.49. The van der Waals surface area contributed by atoms with Crippen LogP contribution in [0.15, 0.2) is 45.8 Å². The lowest BCUT2D eigenvalue weighted by atomic mass is 10.2. The van der Waals surface area contributed by atoms with Gasteiger partial charge in [0.05, 0.1) is 15.6 Å². The number of sulfonamides is 1. The third-order valence-corrected chi connectivity index (χ3v) is 4.48. The minimum Gasteiger partial charge on any atom is -0.380 e. The molecule has 0 aliphatic heterocycles. The van der Waals surface area contributed by atoms with Crippen LogP contribution < -0.4 is 10.5 Å². The second-order valence-electron chi connectivity index (χ2n) is 4.28. The van der Waals surface area contributed by atoms with Gasteiger partial charge in [-0.25, -0.2) is 17.9 Å². The van der Waals surface area contributed by atoms with Crippen LogP contribution in [-0.2, 0) is 16.6 Å². The minimum atomic E-state index is -3.82. The van der Waals surface area contributed by atoms with Crippen molar-refractivity contribution in [3.63, 3.8) is 0 Å². The number of nitrogens with two attached hydrogens (primary N) is 1. The lowest BCUT2D eigenvalue weighted by Gasteiger charge is -2.10. The highest BCUT2D eigenvalue weighted by atomic mass is 79.9. The van der Waals surface area contributed by atoms with Crippen LogP contribution in [0.25, 0.3) is 0 Å². The van der Waals surface area contributed by atoms with Crippen LogP contribution >= 0.6 is 27.5 Å². The van der Waals surface area contributed by atoms with E-state index in [1.54, 1.807) is 12.1 Å². The molecular weight excluding hydrogens is 383 g/mol. The third-order valence-electron chi connectivity index (χ3n) is 2.75. The normalized spacial score (nSPS) is 11.4. The predicted molar refractivity (Wildman–Crippen MR) is 84.3 cm³/mol. The quantitative estimate of drug-likeness (QED) is 0.835. The highest BCUT2D eigenvalue weighted by Gasteiger charge is 2.11. The molecule has 0 unspecified atom stereocenters. The van der Waals surface area contributed by atoms with Gasteiger partial charge in [-0.3, -0.25) is 0 Å². The molecule has 112 valence electrons. The number of rotatable bonds is 4. The average Bonchev–Trinajstić information content (AvgIpc) is 2.38. The van der Waals surface area contributed by atoms with Gasteiger partial charge in [0.2, 0.25) is 10.0 Å². The molecule has 21 heavy (non-hydrogen) atoms. The van der Waals surface area contributed by atoms with Crippen LogP contribution in [0, 0.1) is 5.82 Å². The number of anilines is 1. The first-order chi connectivity index (χ1) is 9.77. The Balaban J connectivity index is 2.23. The molecule has 8 heteroatoms. The third kappa shape index (κ3) is 4.16. The van der Waals surface area contributed by atoms with Gasteiger partial charge in [0, 0.05) is 16.6 Å². The zero-order valence-corrected chi connectivity index (χ0v) is 13.8. The maximum Gasteiger partial charge on any atom is 0.238 e. The SMILES string of the molecule is NS(=O)(=O)c1ccc(Cl)c(NCc2ccc(Br)cc2F)c1. The second-order valence-corrected chi connectivity index (χ2v) is 7.16. The minimum absolute atomic E-state index is 0.0642. The fourth-order valence-electron chi connectivity index (χ4n) is 1.67. The predicted octanol–water partition coefficient (Wildman–Crippen LogP) is 3.50. The summed E-state index contributed by atoms with van der Waals surface area (Å²) in [5.74, 6) is -0.379. The summed E-state index contributed by atoms with van der Waals surface area (Å²) >= 11 is 9.15. The Labute approximate surface area is 135 Å². The first-order valence-electron chi connectivity index (χ1n) is 5.77. The summed E-state index contributed by atoms with van der Waals surface area (Å²) in [6.07, 6.45) is 0. The van der Waals surface area contributed by atoms with E-state index in [4.69, 9.17) is 16.7 Å². The van der Waals surface area contributed by atoms with Crippen LogP contribution in [0.3, 0.4) is 0 Å². The topological polar surface area (TPSA) is 72.2 Å². The molecule has 0 bridgehead atoms. The molecule has 0 aliphatic rings. The van der Waals surface area contributed by atoms with E-state index in [1.807, 2.05) is 0 Å². The summed E-state index contributed by atoms with van der Waals surface area (Å²) in [4.78, 5) is -0.0642. The monoisotopic (exact) mass is 392 g/mol. The van der Waals surface area contributed by atoms with E-state index in [-0.39, 0.29) is 17.3 Å². The van der Waals surface area contributed by atoms with Crippen LogP contribution in [0.4, 0.5) is 10.1 Å². The summed E-state index contributed by atoms with van der Waals surface area (Å²) < 4.78 is 36.9. The zero-order valence-electron chi connectivity index (χ0n) is 10.6. The molecular formula is C13H11BrClFN2O2S. The summed E-state index contributed by atoms with van der Waals surface area (Å²) in [7, 11) is -3.82. The Morgan fingerprint density at radius 3 is 2.57 bits per heavy atom. The van der Waals surface area contributed by atoms with Crippen LogP contribution in [-0.4, -0.2) is 8.42 Å². The van der Waals surface area contributed by atoms with Crippen molar-refractivity contribution in [2.45, 2.75) is 11.4 Å². The Bertz CT molecular complexity index is 784. The van der Waals surface area contributed by atoms with E-state index in [0.29, 0.717) is 20.7 Å². The highest BCUT2D eigenvalue weighted by molar-refractivity contribution is 9.10. The molecule has 2 aromatic rings. The van der Waals surface area contributed by atoms with E-state index < -0.39 is 10.0 Å². The van der Waals surface area contributed by atoms with E-state index in [9.17, 15) is 12.8 Å². The van der Waals surface area contributed by atoms with Crippen molar-refractivity contribution in [3.05, 3.63) is 57.3 Å². The maximum absolute atomic E-state index is 13.7. The maximum atomic E-state index is 13.7. The summed E-state index contributed by atoms with van der Waals surface area (Å²) in [6.45, 7) is 0.160. The smallest absolute Gasteiger partial charge is 0.238 e. The first kappa shape index (κ1) is 16.2. The largest absolute Gasteiger partial charge is 0.380 e. The molecule has 0 aliphatic carbocycles. The van der Waals surface area contributed by atoms with Gasteiger partial charge in [0.25, 0.3) is 0 Å². The molecule has 0 amide bonds. The standard InChI is InChI=1S/C13H11BrClFN2O2S/c14-9-2-1-8(12(16)5-9)7-18-13-6-10(21(17,19)20)3-4-11(13)15/h1-6,18H,7H2,(H2,17,19,20). The van der Waals surface area contributed by atoms with Gasteiger partial charge in [-0.05, 0) is 30.3 Å². The Kier molecular flexibility index (Phi) is 4.88. The molecule has 2 rings (SSSR count).